The predicted molar refractivity (Wildman–Crippen MR) is 32.9 cm³/mol. The Kier molecular flexibility index (Phi) is 1.44. The number of nitrogens with zero attached hydrogens (tertiary/aromatic N) is 1. The lowest BCUT2D eigenvalue weighted by Gasteiger charge is -1.87. The van der Waals surface area contributed by atoms with Crippen LogP contribution in [0.1, 0.15) is 0 Å². The van der Waals surface area contributed by atoms with E-state index in [2.05, 4.69) is 0 Å². The Morgan fingerprint density at radius 2 is 2.44 bits per heavy atom. The number of halogens is 1. The van der Waals surface area contributed by atoms with Crippen LogP contribution in [0.25, 0.3) is 0 Å². The van der Waals surface area contributed by atoms with Crippen molar-refractivity contribution in [1.29, 1.82) is 0 Å². The van der Waals surface area contributed by atoms with Gasteiger partial charge in [0.05, 0.1) is 5.02 Å². The molecule has 0 saturated carbocycles. The summed E-state index contributed by atoms with van der Waals surface area (Å²) in [7, 11) is 0. The largest absolute Gasteiger partial charge is 0.464 e. The zero-order chi connectivity index (χ0) is 6.85. The zero-order valence-corrected chi connectivity index (χ0v) is 5.17. The normalized spacial score (nSPS) is 9.44. The summed E-state index contributed by atoms with van der Waals surface area (Å²) in [6, 6.07) is 1.51. The molecule has 0 amide bonds. The molecule has 0 aliphatic carbocycles. The van der Waals surface area contributed by atoms with E-state index in [9.17, 15) is 4.79 Å². The second-order valence-corrected chi connectivity index (χ2v) is 1.96. The highest BCUT2D eigenvalue weighted by molar-refractivity contribution is 6.30. The Balaban J connectivity index is 2.98. The lowest BCUT2D eigenvalue weighted by molar-refractivity contribution is 0.196. The van der Waals surface area contributed by atoms with E-state index in [1.54, 1.807) is 0 Å². The first-order valence-electron chi connectivity index (χ1n) is 2.27. The Bertz CT molecular complexity index is 231. The number of hydrogen-bond donors (Lipinski definition) is 1. The fraction of sp³-hybridized carbons (Fsp3) is 0. The van der Waals surface area contributed by atoms with Crippen molar-refractivity contribution in [1.82, 2.24) is 4.57 Å². The smallest absolute Gasteiger partial charge is 0.415 e. The number of carboxylic acid groups (broad SMARTS) is 1. The van der Waals surface area contributed by atoms with Crippen molar-refractivity contribution in [3.8, 4) is 0 Å². The molecular formula is C5H4ClNO2. The minimum absolute atomic E-state index is 0.428. The van der Waals surface area contributed by atoms with Crippen molar-refractivity contribution >= 4 is 17.7 Å². The van der Waals surface area contributed by atoms with Gasteiger partial charge in [0.2, 0.25) is 0 Å². The van der Waals surface area contributed by atoms with Crippen LogP contribution in [0.2, 0.25) is 5.02 Å². The van der Waals surface area contributed by atoms with Gasteiger partial charge in [0.1, 0.15) is 0 Å². The summed E-state index contributed by atoms with van der Waals surface area (Å²) < 4.78 is 0.988. The molecular weight excluding hydrogens is 142 g/mol. The second-order valence-electron chi connectivity index (χ2n) is 1.52. The molecule has 4 heteroatoms. The van der Waals surface area contributed by atoms with Gasteiger partial charge in [0, 0.05) is 12.4 Å². The fourth-order valence-corrected chi connectivity index (χ4v) is 0.651. The van der Waals surface area contributed by atoms with E-state index < -0.39 is 6.09 Å². The molecule has 0 radical (unpaired) electrons. The van der Waals surface area contributed by atoms with Gasteiger partial charge in [0.25, 0.3) is 0 Å². The molecule has 1 N–H and O–H groups in total. The molecule has 9 heavy (non-hydrogen) atoms. The van der Waals surface area contributed by atoms with Gasteiger partial charge in [-0.3, -0.25) is 4.57 Å². The first kappa shape index (κ1) is 6.16. The highest BCUT2D eigenvalue weighted by atomic mass is 35.5. The highest BCUT2D eigenvalue weighted by Crippen LogP contribution is 2.06. The average molecular weight is 146 g/mol. The van der Waals surface area contributed by atoms with Crippen LogP contribution >= 0.6 is 11.6 Å². The van der Waals surface area contributed by atoms with Crippen molar-refractivity contribution in [3.63, 3.8) is 0 Å². The molecule has 0 saturated heterocycles. The van der Waals surface area contributed by atoms with Crippen LogP contribution in [0.3, 0.4) is 0 Å². The van der Waals surface area contributed by atoms with Gasteiger partial charge in [-0.15, -0.1) is 0 Å². The standard InChI is InChI=1S/C5H4ClNO2/c6-4-1-2-7(3-4)5(8)9/h1-3H,(H,8,9). The monoisotopic (exact) mass is 145 g/mol. The molecule has 0 spiro atoms. The molecule has 0 bridgehead atoms. The van der Waals surface area contributed by atoms with Crippen molar-refractivity contribution in [2.75, 3.05) is 0 Å². The Morgan fingerprint density at radius 3 is 2.67 bits per heavy atom. The molecule has 0 aliphatic rings. The van der Waals surface area contributed by atoms with Gasteiger partial charge in [-0.25, -0.2) is 4.79 Å². The molecule has 1 aromatic rings. The van der Waals surface area contributed by atoms with Crippen LogP contribution in [-0.2, 0) is 0 Å². The van der Waals surface area contributed by atoms with Crippen LogP contribution in [-0.4, -0.2) is 15.8 Å². The van der Waals surface area contributed by atoms with E-state index in [-0.39, 0.29) is 0 Å². The minimum atomic E-state index is -1.03. The summed E-state index contributed by atoms with van der Waals surface area (Å²) in [5, 5.41) is 8.73. The quantitative estimate of drug-likeness (QED) is 0.604. The van der Waals surface area contributed by atoms with Crippen LogP contribution in [0.4, 0.5) is 4.79 Å². The Labute approximate surface area is 56.5 Å². The van der Waals surface area contributed by atoms with E-state index in [0.717, 1.165) is 4.57 Å². The summed E-state index contributed by atoms with van der Waals surface area (Å²) in [5.41, 5.74) is 0. The lowest BCUT2D eigenvalue weighted by Crippen LogP contribution is -2.03. The van der Waals surface area contributed by atoms with Gasteiger partial charge in [-0.05, 0) is 6.07 Å². The number of carbonyl (C=O) groups is 1. The highest BCUT2D eigenvalue weighted by Gasteiger charge is 1.98. The minimum Gasteiger partial charge on any atom is -0.464 e. The summed E-state index contributed by atoms with van der Waals surface area (Å²) in [4.78, 5) is 10.1. The van der Waals surface area contributed by atoms with Crippen molar-refractivity contribution in [3.05, 3.63) is 23.5 Å². The van der Waals surface area contributed by atoms with Crippen molar-refractivity contribution in [2.24, 2.45) is 0 Å². The van der Waals surface area contributed by atoms with Crippen LogP contribution in [0.15, 0.2) is 18.5 Å². The van der Waals surface area contributed by atoms with Gasteiger partial charge in [-0.2, -0.15) is 0 Å². The first-order valence-corrected chi connectivity index (χ1v) is 2.65. The topological polar surface area (TPSA) is 42.2 Å². The molecule has 1 rings (SSSR count). The van der Waals surface area contributed by atoms with Crippen molar-refractivity contribution < 1.29 is 9.90 Å². The maximum atomic E-state index is 10.1. The van der Waals surface area contributed by atoms with Crippen LogP contribution in [0, 0.1) is 0 Å². The van der Waals surface area contributed by atoms with E-state index in [4.69, 9.17) is 16.7 Å². The third-order valence-electron chi connectivity index (χ3n) is 0.878. The second kappa shape index (κ2) is 2.11. The zero-order valence-electron chi connectivity index (χ0n) is 4.41. The van der Waals surface area contributed by atoms with E-state index in [1.165, 1.54) is 18.5 Å². The molecule has 0 aliphatic heterocycles. The summed E-state index contributed by atoms with van der Waals surface area (Å²) in [6.45, 7) is 0. The maximum Gasteiger partial charge on any atom is 0.415 e. The predicted octanol–water partition coefficient (Wildman–Crippen LogP) is 1.67. The van der Waals surface area contributed by atoms with Crippen LogP contribution < -0.4 is 0 Å². The molecule has 3 nitrogen and oxygen atoms in total. The summed E-state index contributed by atoms with van der Waals surface area (Å²) >= 11 is 5.42. The SMILES string of the molecule is O=C(O)n1ccc(Cl)c1. The third kappa shape index (κ3) is 1.23. The number of hydrogen-bond acceptors (Lipinski definition) is 1. The van der Waals surface area contributed by atoms with E-state index >= 15 is 0 Å². The van der Waals surface area contributed by atoms with Crippen LogP contribution in [0.5, 0.6) is 0 Å². The number of rotatable bonds is 0. The molecule has 0 atom stereocenters. The first-order chi connectivity index (χ1) is 4.20. The number of aromatic nitrogens is 1. The molecule has 1 heterocycles. The molecule has 0 unspecified atom stereocenters. The molecule has 48 valence electrons. The third-order valence-corrected chi connectivity index (χ3v) is 1.10. The lowest BCUT2D eigenvalue weighted by atomic mass is 10.7. The van der Waals surface area contributed by atoms with Gasteiger partial charge < -0.3 is 5.11 Å². The Morgan fingerprint density at radius 1 is 1.78 bits per heavy atom. The molecule has 0 fully saturated rings. The van der Waals surface area contributed by atoms with Gasteiger partial charge in [-0.1, -0.05) is 11.6 Å². The average Bonchev–Trinajstić information content (AvgIpc) is 2.14. The summed E-state index contributed by atoms with van der Waals surface area (Å²) in [5.74, 6) is 0. The maximum absolute atomic E-state index is 10.1. The van der Waals surface area contributed by atoms with E-state index in [0.29, 0.717) is 5.02 Å². The van der Waals surface area contributed by atoms with Crippen molar-refractivity contribution in [2.45, 2.75) is 0 Å². The summed E-state index contributed by atoms with van der Waals surface area (Å²) in [6.07, 6.45) is 1.68. The Hall–Kier alpha value is -0.960. The fourth-order valence-electron chi connectivity index (χ4n) is 0.489. The molecule has 1 aromatic heterocycles. The van der Waals surface area contributed by atoms with Gasteiger partial charge in [0.15, 0.2) is 0 Å². The van der Waals surface area contributed by atoms with Gasteiger partial charge >= 0.3 is 6.09 Å². The van der Waals surface area contributed by atoms with E-state index in [1.807, 2.05) is 0 Å². The molecule has 0 aromatic carbocycles.